The third-order valence-electron chi connectivity index (χ3n) is 3.18. The van der Waals surface area contributed by atoms with Gasteiger partial charge in [0.2, 0.25) is 0 Å². The Hall–Kier alpha value is -0.320. The zero-order chi connectivity index (χ0) is 12.2. The van der Waals surface area contributed by atoms with Crippen molar-refractivity contribution in [2.75, 3.05) is 25.6 Å². The Morgan fingerprint density at radius 3 is 2.44 bits per heavy atom. The summed E-state index contributed by atoms with van der Waals surface area (Å²) in [6.45, 7) is 6.08. The summed E-state index contributed by atoms with van der Waals surface area (Å²) in [7, 11) is 0. The lowest BCUT2D eigenvalue weighted by Gasteiger charge is -2.40. The van der Waals surface area contributed by atoms with E-state index in [1.165, 1.54) is 0 Å². The fourth-order valence-corrected chi connectivity index (χ4v) is 2.13. The van der Waals surface area contributed by atoms with Crippen molar-refractivity contribution in [1.29, 1.82) is 0 Å². The van der Waals surface area contributed by atoms with Crippen molar-refractivity contribution < 1.29 is 14.6 Å². The maximum atomic E-state index is 11.3. The van der Waals surface area contributed by atoms with Crippen LogP contribution in [-0.4, -0.2) is 53.2 Å². The minimum absolute atomic E-state index is 0.301. The molecule has 0 amide bonds. The summed E-state index contributed by atoms with van der Waals surface area (Å²) in [6, 6.07) is 0.458. The van der Waals surface area contributed by atoms with Crippen LogP contribution < -0.4 is 0 Å². The number of carboxylic acids is 1. The molecule has 94 valence electrons. The average Bonchev–Trinajstić information content (AvgIpc) is 2.26. The van der Waals surface area contributed by atoms with Crippen molar-refractivity contribution in [3.63, 3.8) is 0 Å². The molecule has 16 heavy (non-hydrogen) atoms. The Bertz CT molecular complexity index is 237. The van der Waals surface area contributed by atoms with Crippen molar-refractivity contribution in [3.8, 4) is 0 Å². The molecule has 0 spiro atoms. The number of nitrogens with zero attached hydrogens (tertiary/aromatic N) is 1. The van der Waals surface area contributed by atoms with Crippen LogP contribution in [0.5, 0.6) is 0 Å². The number of ether oxygens (including phenoxy) is 1. The highest BCUT2D eigenvalue weighted by atomic mass is 35.5. The standard InChI is InChI=1S/C11H20ClNO3/c1-9(2)13-6-3-11(4-7-13,10(14)15)16-8-5-12/h9H,3-8H2,1-2H3,(H,14,15). The topological polar surface area (TPSA) is 49.8 Å². The number of carbonyl (C=O) groups is 1. The van der Waals surface area contributed by atoms with E-state index in [1.807, 2.05) is 0 Å². The molecule has 0 radical (unpaired) electrons. The van der Waals surface area contributed by atoms with Crippen LogP contribution in [0, 0.1) is 0 Å². The molecule has 0 aromatic rings. The van der Waals surface area contributed by atoms with Crippen molar-refractivity contribution in [1.82, 2.24) is 4.90 Å². The molecule has 0 aromatic carbocycles. The first kappa shape index (κ1) is 13.7. The molecule has 1 N–H and O–H groups in total. The van der Waals surface area contributed by atoms with Crippen molar-refractivity contribution in [3.05, 3.63) is 0 Å². The van der Waals surface area contributed by atoms with E-state index < -0.39 is 11.6 Å². The summed E-state index contributed by atoms with van der Waals surface area (Å²) in [5.74, 6) is -0.524. The predicted molar refractivity (Wildman–Crippen MR) is 63.0 cm³/mol. The summed E-state index contributed by atoms with van der Waals surface area (Å²) in [4.78, 5) is 13.5. The van der Waals surface area contributed by atoms with Gasteiger partial charge in [-0.1, -0.05) is 0 Å². The van der Waals surface area contributed by atoms with Gasteiger partial charge in [0.1, 0.15) is 0 Å². The molecule has 0 saturated carbocycles. The fourth-order valence-electron chi connectivity index (χ4n) is 2.06. The summed E-state index contributed by atoms with van der Waals surface area (Å²) in [5, 5.41) is 9.25. The molecule has 1 fully saturated rings. The first-order chi connectivity index (χ1) is 7.52. The molecule has 0 atom stereocenters. The molecule has 1 rings (SSSR count). The summed E-state index contributed by atoms with van der Waals surface area (Å²) < 4.78 is 5.45. The van der Waals surface area contributed by atoms with Crippen LogP contribution in [-0.2, 0) is 9.53 Å². The molecule has 1 saturated heterocycles. The monoisotopic (exact) mass is 249 g/mol. The van der Waals surface area contributed by atoms with Gasteiger partial charge < -0.3 is 14.7 Å². The van der Waals surface area contributed by atoms with Crippen LogP contribution in [0.25, 0.3) is 0 Å². The lowest BCUT2D eigenvalue weighted by Crippen LogP contribution is -2.52. The minimum Gasteiger partial charge on any atom is -0.479 e. The van der Waals surface area contributed by atoms with Crippen LogP contribution in [0.15, 0.2) is 0 Å². The lowest BCUT2D eigenvalue weighted by molar-refractivity contribution is -0.172. The highest BCUT2D eigenvalue weighted by Gasteiger charge is 2.42. The van der Waals surface area contributed by atoms with Gasteiger partial charge in [-0.05, 0) is 26.7 Å². The smallest absolute Gasteiger partial charge is 0.336 e. The van der Waals surface area contributed by atoms with Gasteiger partial charge in [0.15, 0.2) is 5.60 Å². The maximum Gasteiger partial charge on any atom is 0.336 e. The van der Waals surface area contributed by atoms with Gasteiger partial charge >= 0.3 is 5.97 Å². The van der Waals surface area contributed by atoms with E-state index in [-0.39, 0.29) is 0 Å². The van der Waals surface area contributed by atoms with Crippen LogP contribution in [0.1, 0.15) is 26.7 Å². The number of likely N-dealkylation sites (tertiary alicyclic amines) is 1. The van der Waals surface area contributed by atoms with Gasteiger partial charge in [0, 0.05) is 25.0 Å². The normalized spacial score (nSPS) is 21.2. The Kier molecular flexibility index (Phi) is 5.02. The van der Waals surface area contributed by atoms with Gasteiger partial charge in [-0.3, -0.25) is 0 Å². The lowest BCUT2D eigenvalue weighted by atomic mass is 9.90. The molecule has 4 nitrogen and oxygen atoms in total. The summed E-state index contributed by atoms with van der Waals surface area (Å²) in [5.41, 5.74) is -1.01. The third kappa shape index (κ3) is 3.09. The van der Waals surface area contributed by atoms with E-state index >= 15 is 0 Å². The number of aliphatic carboxylic acids is 1. The average molecular weight is 250 g/mol. The number of carboxylic acid groups (broad SMARTS) is 1. The van der Waals surface area contributed by atoms with Crippen molar-refractivity contribution >= 4 is 17.6 Å². The van der Waals surface area contributed by atoms with Crippen LogP contribution in [0.4, 0.5) is 0 Å². The molecule has 5 heteroatoms. The van der Waals surface area contributed by atoms with E-state index in [0.717, 1.165) is 13.1 Å². The first-order valence-electron chi connectivity index (χ1n) is 5.69. The van der Waals surface area contributed by atoms with E-state index in [9.17, 15) is 9.90 Å². The van der Waals surface area contributed by atoms with Gasteiger partial charge in [-0.25, -0.2) is 4.79 Å². The fraction of sp³-hybridized carbons (Fsp3) is 0.909. The Morgan fingerprint density at radius 1 is 1.50 bits per heavy atom. The van der Waals surface area contributed by atoms with Gasteiger partial charge in [0.25, 0.3) is 0 Å². The molecule has 0 aromatic heterocycles. The van der Waals surface area contributed by atoms with E-state index in [0.29, 0.717) is 31.4 Å². The summed E-state index contributed by atoms with van der Waals surface area (Å²) >= 11 is 5.54. The van der Waals surface area contributed by atoms with E-state index in [2.05, 4.69) is 18.7 Å². The highest BCUT2D eigenvalue weighted by molar-refractivity contribution is 6.18. The van der Waals surface area contributed by atoms with E-state index in [4.69, 9.17) is 16.3 Å². The second kappa shape index (κ2) is 5.84. The molecular formula is C11H20ClNO3. The Morgan fingerprint density at radius 2 is 2.06 bits per heavy atom. The van der Waals surface area contributed by atoms with Crippen molar-refractivity contribution in [2.24, 2.45) is 0 Å². The van der Waals surface area contributed by atoms with Gasteiger partial charge in [-0.15, -0.1) is 11.6 Å². The molecule has 0 unspecified atom stereocenters. The molecule has 1 aliphatic heterocycles. The minimum atomic E-state index is -1.01. The first-order valence-corrected chi connectivity index (χ1v) is 6.22. The quantitative estimate of drug-likeness (QED) is 0.752. The van der Waals surface area contributed by atoms with Crippen LogP contribution in [0.3, 0.4) is 0 Å². The zero-order valence-corrected chi connectivity index (χ0v) is 10.7. The number of alkyl halides is 1. The third-order valence-corrected chi connectivity index (χ3v) is 3.34. The maximum absolute atomic E-state index is 11.3. The molecule has 0 aliphatic carbocycles. The number of hydrogen-bond donors (Lipinski definition) is 1. The number of hydrogen-bond acceptors (Lipinski definition) is 3. The largest absolute Gasteiger partial charge is 0.479 e. The molecule has 0 bridgehead atoms. The zero-order valence-electron chi connectivity index (χ0n) is 9.91. The summed E-state index contributed by atoms with van der Waals surface area (Å²) in [6.07, 6.45) is 1.08. The number of rotatable bonds is 5. The second-order valence-electron chi connectivity index (χ2n) is 4.47. The van der Waals surface area contributed by atoms with Gasteiger partial charge in [0.05, 0.1) is 6.61 Å². The highest BCUT2D eigenvalue weighted by Crippen LogP contribution is 2.27. The predicted octanol–water partition coefficient (Wildman–Crippen LogP) is 1.57. The van der Waals surface area contributed by atoms with Gasteiger partial charge in [-0.2, -0.15) is 0 Å². The van der Waals surface area contributed by atoms with Crippen molar-refractivity contribution in [2.45, 2.75) is 38.3 Å². The van der Waals surface area contributed by atoms with E-state index in [1.54, 1.807) is 0 Å². The SMILES string of the molecule is CC(C)N1CCC(OCCCl)(C(=O)O)CC1. The molecular weight excluding hydrogens is 230 g/mol. The van der Waals surface area contributed by atoms with Crippen LogP contribution in [0.2, 0.25) is 0 Å². The Labute approximate surface area is 102 Å². The number of halogens is 1. The molecule has 1 aliphatic rings. The second-order valence-corrected chi connectivity index (χ2v) is 4.84. The van der Waals surface area contributed by atoms with Crippen LogP contribution >= 0.6 is 11.6 Å². The molecule has 1 heterocycles. The number of piperidine rings is 1. The Balaban J connectivity index is 2.59.